The molecular formula is C16H28N4O3S. The summed E-state index contributed by atoms with van der Waals surface area (Å²) in [6.07, 6.45) is 1.74. The first-order valence-electron chi connectivity index (χ1n) is 8.11. The van der Waals surface area contributed by atoms with Gasteiger partial charge in [-0.1, -0.05) is 6.07 Å². The molecular weight excluding hydrogens is 328 g/mol. The minimum Gasteiger partial charge on any atom is -0.382 e. The Bertz CT molecular complexity index is 466. The molecule has 0 radical (unpaired) electrons. The van der Waals surface area contributed by atoms with Gasteiger partial charge in [0, 0.05) is 40.4 Å². The van der Waals surface area contributed by atoms with E-state index < -0.39 is 0 Å². The van der Waals surface area contributed by atoms with Crippen LogP contribution in [0.1, 0.15) is 22.5 Å². The average molecular weight is 356 g/mol. The topological polar surface area (TPSA) is 84.0 Å². The quantitative estimate of drug-likeness (QED) is 0.297. The van der Waals surface area contributed by atoms with Crippen LogP contribution in [0, 0.1) is 0 Å². The summed E-state index contributed by atoms with van der Waals surface area (Å²) in [5, 5.41) is 11.2. The molecule has 1 heterocycles. The second kappa shape index (κ2) is 13.8. The van der Waals surface area contributed by atoms with Crippen LogP contribution < -0.4 is 16.0 Å². The number of guanidine groups is 1. The normalized spacial score (nSPS) is 11.3. The summed E-state index contributed by atoms with van der Waals surface area (Å²) in [7, 11) is 3.40. The van der Waals surface area contributed by atoms with E-state index >= 15 is 0 Å². The van der Waals surface area contributed by atoms with Crippen molar-refractivity contribution in [2.75, 3.05) is 53.6 Å². The lowest BCUT2D eigenvalue weighted by Gasteiger charge is -2.12. The van der Waals surface area contributed by atoms with Gasteiger partial charge in [-0.3, -0.25) is 9.79 Å². The molecule has 136 valence electrons. The van der Waals surface area contributed by atoms with Crippen LogP contribution in [0.3, 0.4) is 0 Å². The number of hydrogen-bond acceptors (Lipinski definition) is 5. The van der Waals surface area contributed by atoms with Gasteiger partial charge in [0.25, 0.3) is 5.91 Å². The van der Waals surface area contributed by atoms with Gasteiger partial charge in [-0.25, -0.2) is 0 Å². The van der Waals surface area contributed by atoms with Gasteiger partial charge in [-0.2, -0.15) is 0 Å². The van der Waals surface area contributed by atoms with Gasteiger partial charge in [0.15, 0.2) is 5.96 Å². The molecule has 0 aromatic carbocycles. The molecule has 0 atom stereocenters. The minimum atomic E-state index is -0.0130. The van der Waals surface area contributed by atoms with Gasteiger partial charge in [0.2, 0.25) is 0 Å². The van der Waals surface area contributed by atoms with Crippen LogP contribution in [0.2, 0.25) is 0 Å². The van der Waals surface area contributed by atoms with Crippen LogP contribution in [0.5, 0.6) is 0 Å². The maximum atomic E-state index is 11.8. The van der Waals surface area contributed by atoms with Gasteiger partial charge < -0.3 is 25.4 Å². The van der Waals surface area contributed by atoms with E-state index in [9.17, 15) is 4.79 Å². The van der Waals surface area contributed by atoms with Crippen molar-refractivity contribution >= 4 is 23.2 Å². The molecule has 0 aliphatic carbocycles. The van der Waals surface area contributed by atoms with Gasteiger partial charge >= 0.3 is 0 Å². The Labute approximate surface area is 147 Å². The van der Waals surface area contributed by atoms with Crippen LogP contribution in [-0.2, 0) is 9.47 Å². The fraction of sp³-hybridized carbons (Fsp3) is 0.625. The second-order valence-corrected chi connectivity index (χ2v) is 5.92. The monoisotopic (exact) mass is 356 g/mol. The maximum Gasteiger partial charge on any atom is 0.261 e. The van der Waals surface area contributed by atoms with Crippen molar-refractivity contribution in [1.82, 2.24) is 16.0 Å². The highest BCUT2D eigenvalue weighted by molar-refractivity contribution is 7.12. The molecule has 0 saturated heterocycles. The third kappa shape index (κ3) is 9.49. The van der Waals surface area contributed by atoms with E-state index in [2.05, 4.69) is 20.9 Å². The summed E-state index contributed by atoms with van der Waals surface area (Å²) in [4.78, 5) is 16.7. The Morgan fingerprint density at radius 3 is 2.54 bits per heavy atom. The summed E-state index contributed by atoms with van der Waals surface area (Å²) < 4.78 is 10.3. The Kier molecular flexibility index (Phi) is 11.7. The first-order chi connectivity index (χ1) is 11.8. The summed E-state index contributed by atoms with van der Waals surface area (Å²) in [6, 6.07) is 3.70. The van der Waals surface area contributed by atoms with Crippen molar-refractivity contribution < 1.29 is 14.3 Å². The fourth-order valence-electron chi connectivity index (χ4n) is 1.84. The molecule has 0 saturated carbocycles. The lowest BCUT2D eigenvalue weighted by atomic mass is 10.4. The Morgan fingerprint density at radius 1 is 1.12 bits per heavy atom. The predicted octanol–water partition coefficient (Wildman–Crippen LogP) is 1.09. The lowest BCUT2D eigenvalue weighted by molar-refractivity contribution is 0.0698. The number of thiophene rings is 1. The molecule has 0 aliphatic heterocycles. The summed E-state index contributed by atoms with van der Waals surface area (Å²) in [5.74, 6) is 0.748. The van der Waals surface area contributed by atoms with Crippen LogP contribution in [0.25, 0.3) is 0 Å². The highest BCUT2D eigenvalue weighted by Crippen LogP contribution is 2.07. The molecule has 0 unspecified atom stereocenters. The molecule has 1 rings (SSSR count). The van der Waals surface area contributed by atoms with Crippen LogP contribution in [0.15, 0.2) is 22.5 Å². The maximum absolute atomic E-state index is 11.8. The molecule has 3 N–H and O–H groups in total. The predicted molar refractivity (Wildman–Crippen MR) is 97.9 cm³/mol. The number of carbonyl (C=O) groups is 1. The standard InChI is InChI=1S/C16H28N4O3S/c1-17-16(20-9-5-10-23-12-11-22-2)19-8-4-7-18-15(21)14-6-3-13-24-14/h3,6,13H,4-5,7-12H2,1-2H3,(H,18,21)(H2,17,19,20). The van der Waals surface area contributed by atoms with Crippen molar-refractivity contribution in [3.8, 4) is 0 Å². The molecule has 7 nitrogen and oxygen atoms in total. The largest absolute Gasteiger partial charge is 0.382 e. The molecule has 0 aliphatic rings. The molecule has 8 heteroatoms. The van der Waals surface area contributed by atoms with Gasteiger partial charge in [0.05, 0.1) is 18.1 Å². The van der Waals surface area contributed by atoms with Crippen molar-refractivity contribution in [3.05, 3.63) is 22.4 Å². The summed E-state index contributed by atoms with van der Waals surface area (Å²) in [5.41, 5.74) is 0. The number of nitrogens with one attached hydrogen (secondary N) is 3. The number of amides is 1. The zero-order valence-electron chi connectivity index (χ0n) is 14.5. The number of nitrogens with zero attached hydrogens (tertiary/aromatic N) is 1. The molecule has 1 aromatic rings. The Hall–Kier alpha value is -1.64. The number of carbonyl (C=O) groups excluding carboxylic acids is 1. The molecule has 24 heavy (non-hydrogen) atoms. The SMILES string of the molecule is CN=C(NCCCNC(=O)c1cccs1)NCCCOCCOC. The summed E-state index contributed by atoms with van der Waals surface area (Å²) >= 11 is 1.45. The van der Waals surface area contributed by atoms with E-state index in [1.165, 1.54) is 11.3 Å². The highest BCUT2D eigenvalue weighted by atomic mass is 32.1. The fourth-order valence-corrected chi connectivity index (χ4v) is 2.48. The lowest BCUT2D eigenvalue weighted by Crippen LogP contribution is -2.39. The van der Waals surface area contributed by atoms with E-state index in [1.807, 2.05) is 17.5 Å². The van der Waals surface area contributed by atoms with Gasteiger partial charge in [0.1, 0.15) is 0 Å². The van der Waals surface area contributed by atoms with Crippen molar-refractivity contribution in [2.45, 2.75) is 12.8 Å². The highest BCUT2D eigenvalue weighted by Gasteiger charge is 2.04. The third-order valence-corrected chi connectivity index (χ3v) is 3.96. The first kappa shape index (κ1) is 20.4. The smallest absolute Gasteiger partial charge is 0.261 e. The number of ether oxygens (including phenoxy) is 2. The summed E-state index contributed by atoms with van der Waals surface area (Å²) in [6.45, 7) is 4.12. The Morgan fingerprint density at radius 2 is 1.88 bits per heavy atom. The number of hydrogen-bond donors (Lipinski definition) is 3. The average Bonchev–Trinajstić information content (AvgIpc) is 3.13. The van der Waals surface area contributed by atoms with E-state index in [-0.39, 0.29) is 5.91 Å². The second-order valence-electron chi connectivity index (χ2n) is 4.97. The molecule has 1 aromatic heterocycles. The van der Waals surface area contributed by atoms with Gasteiger partial charge in [-0.05, 0) is 24.3 Å². The van der Waals surface area contributed by atoms with E-state index in [0.717, 1.165) is 36.8 Å². The van der Waals surface area contributed by atoms with Gasteiger partial charge in [-0.15, -0.1) is 11.3 Å². The molecule has 0 spiro atoms. The zero-order valence-corrected chi connectivity index (χ0v) is 15.3. The molecule has 0 bridgehead atoms. The van der Waals surface area contributed by atoms with Crippen LogP contribution >= 0.6 is 11.3 Å². The minimum absolute atomic E-state index is 0.0130. The van der Waals surface area contributed by atoms with E-state index in [0.29, 0.717) is 26.4 Å². The molecule has 1 amide bonds. The van der Waals surface area contributed by atoms with Crippen molar-refractivity contribution in [2.24, 2.45) is 4.99 Å². The van der Waals surface area contributed by atoms with E-state index in [1.54, 1.807) is 14.2 Å². The van der Waals surface area contributed by atoms with Crippen molar-refractivity contribution in [3.63, 3.8) is 0 Å². The number of methoxy groups -OCH3 is 1. The third-order valence-electron chi connectivity index (χ3n) is 3.09. The van der Waals surface area contributed by atoms with E-state index in [4.69, 9.17) is 9.47 Å². The zero-order chi connectivity index (χ0) is 17.5. The molecule has 0 fully saturated rings. The van der Waals surface area contributed by atoms with Crippen LogP contribution in [-0.4, -0.2) is 65.5 Å². The van der Waals surface area contributed by atoms with Crippen LogP contribution in [0.4, 0.5) is 0 Å². The Balaban J connectivity index is 1.99. The van der Waals surface area contributed by atoms with Crippen molar-refractivity contribution in [1.29, 1.82) is 0 Å². The number of aliphatic imine (C=N–C) groups is 1. The first-order valence-corrected chi connectivity index (χ1v) is 8.98. The number of rotatable bonds is 12.